The minimum Gasteiger partial charge on any atom is -0.465 e. The second kappa shape index (κ2) is 14.5. The van der Waals surface area contributed by atoms with Gasteiger partial charge in [-0.2, -0.15) is 0 Å². The molecule has 0 saturated heterocycles. The predicted molar refractivity (Wildman–Crippen MR) is 223 cm³/mol. The SMILES string of the molecule is C[C@]1(C(=O)NC(=O)[C@@]2(C)CCC[C@]3(C)c4cc(N(Cc5ccccc5)Cc5ccccc5)ccc4CC[C@@H]23)CCC[C@]2(C)c3cc(NC(=O)O)ccc3CC[C@@H]12. The molecule has 7 nitrogen and oxygen atoms in total. The maximum absolute atomic E-state index is 14.8. The van der Waals surface area contributed by atoms with E-state index in [0.717, 1.165) is 82.9 Å². The standard InChI is InChI=1S/C49H57N3O4/c1-46-25-11-27-48(3,41(46)23-19-35-17-21-37(29-39(35)46)50-45(55)56)43(53)51-44(54)49(4)28-12-26-47(2)40-30-38(22-18-36(40)20-24-42(47)49)52(31-33-13-7-5-8-14-33)32-34-15-9-6-10-16-34/h5-10,13-18,21-22,29-30,41-42,50H,11-12,19-20,23-28,31-32H2,1-4H3,(H,55,56)(H,51,53,54)/t41-,42-,46-,47-,48+,49+/m1/s1. The predicted octanol–water partition coefficient (Wildman–Crippen LogP) is 10.3. The Morgan fingerprint density at radius 1 is 0.643 bits per heavy atom. The first-order valence-corrected chi connectivity index (χ1v) is 20.8. The molecule has 4 aromatic rings. The Morgan fingerprint density at radius 2 is 1.12 bits per heavy atom. The second-order valence-corrected chi connectivity index (χ2v) is 18.3. The van der Waals surface area contributed by atoms with Gasteiger partial charge in [0.1, 0.15) is 0 Å². The molecule has 56 heavy (non-hydrogen) atoms. The molecule has 2 fully saturated rings. The molecule has 2 saturated carbocycles. The summed E-state index contributed by atoms with van der Waals surface area (Å²) in [4.78, 5) is 43.4. The normalized spacial score (nSPS) is 29.1. The van der Waals surface area contributed by atoms with E-state index in [1.807, 2.05) is 18.2 Å². The molecular formula is C49H57N3O4. The molecule has 0 heterocycles. The van der Waals surface area contributed by atoms with Crippen molar-refractivity contribution >= 4 is 29.3 Å². The highest BCUT2D eigenvalue weighted by molar-refractivity contribution is 6.01. The summed E-state index contributed by atoms with van der Waals surface area (Å²) in [5.41, 5.74) is 7.45. The van der Waals surface area contributed by atoms with Crippen LogP contribution in [0.4, 0.5) is 16.2 Å². The number of hydrogen-bond donors (Lipinski definition) is 3. The van der Waals surface area contributed by atoms with Crippen LogP contribution in [0.5, 0.6) is 0 Å². The highest BCUT2D eigenvalue weighted by atomic mass is 16.4. The van der Waals surface area contributed by atoms with E-state index in [2.05, 4.69) is 122 Å². The highest BCUT2D eigenvalue weighted by Crippen LogP contribution is 2.60. The highest BCUT2D eigenvalue weighted by Gasteiger charge is 2.58. The summed E-state index contributed by atoms with van der Waals surface area (Å²) in [7, 11) is 0. The fourth-order valence-corrected chi connectivity index (χ4v) is 12.1. The lowest BCUT2D eigenvalue weighted by Gasteiger charge is -2.56. The van der Waals surface area contributed by atoms with Gasteiger partial charge in [0.15, 0.2) is 0 Å². The van der Waals surface area contributed by atoms with Crippen LogP contribution >= 0.6 is 0 Å². The summed E-state index contributed by atoms with van der Waals surface area (Å²) >= 11 is 0. The van der Waals surface area contributed by atoms with Gasteiger partial charge in [0.2, 0.25) is 11.8 Å². The van der Waals surface area contributed by atoms with Crippen molar-refractivity contribution in [2.24, 2.45) is 22.7 Å². The number of amides is 3. The Bertz CT molecular complexity index is 2090. The Kier molecular flexibility index (Phi) is 9.87. The Hall–Kier alpha value is -4.91. The van der Waals surface area contributed by atoms with Crippen molar-refractivity contribution in [3.63, 3.8) is 0 Å². The molecule has 0 bridgehead atoms. The maximum Gasteiger partial charge on any atom is 0.409 e. The van der Waals surface area contributed by atoms with Crippen LogP contribution in [0.1, 0.15) is 112 Å². The van der Waals surface area contributed by atoms with Crippen molar-refractivity contribution in [1.82, 2.24) is 5.32 Å². The Balaban J connectivity index is 1.06. The van der Waals surface area contributed by atoms with Gasteiger partial charge in [-0.25, -0.2) is 4.79 Å². The van der Waals surface area contributed by atoms with Crippen LogP contribution in [0.25, 0.3) is 0 Å². The van der Waals surface area contributed by atoms with Crippen molar-refractivity contribution in [2.75, 3.05) is 10.2 Å². The zero-order valence-electron chi connectivity index (χ0n) is 33.5. The number of rotatable bonds is 8. The van der Waals surface area contributed by atoms with E-state index in [1.54, 1.807) is 0 Å². The topological polar surface area (TPSA) is 98.7 Å². The summed E-state index contributed by atoms with van der Waals surface area (Å²) in [6, 6.07) is 34.2. The average molecular weight is 752 g/mol. The smallest absolute Gasteiger partial charge is 0.409 e. The van der Waals surface area contributed by atoms with Gasteiger partial charge in [-0.15, -0.1) is 0 Å². The summed E-state index contributed by atoms with van der Waals surface area (Å²) in [5, 5.41) is 15.0. The number of carbonyl (C=O) groups is 3. The summed E-state index contributed by atoms with van der Waals surface area (Å²) in [6.07, 6.45) is 7.65. The minimum absolute atomic E-state index is 0.0308. The van der Waals surface area contributed by atoms with Crippen molar-refractivity contribution in [3.8, 4) is 0 Å². The minimum atomic E-state index is -1.09. The Morgan fingerprint density at radius 3 is 1.62 bits per heavy atom. The van der Waals surface area contributed by atoms with E-state index >= 15 is 0 Å². The zero-order chi connectivity index (χ0) is 39.3. The van der Waals surface area contributed by atoms with Crippen molar-refractivity contribution in [3.05, 3.63) is 130 Å². The van der Waals surface area contributed by atoms with Crippen LogP contribution in [0.15, 0.2) is 97.1 Å². The average Bonchev–Trinajstić information content (AvgIpc) is 3.18. The van der Waals surface area contributed by atoms with Crippen LogP contribution in [0.2, 0.25) is 0 Å². The monoisotopic (exact) mass is 751 g/mol. The van der Waals surface area contributed by atoms with Gasteiger partial charge in [-0.3, -0.25) is 20.2 Å². The van der Waals surface area contributed by atoms with Crippen LogP contribution in [0, 0.1) is 22.7 Å². The number of carbonyl (C=O) groups excluding carboxylic acids is 2. The van der Waals surface area contributed by atoms with Gasteiger partial charge in [-0.05, 0) is 132 Å². The molecule has 0 aromatic heterocycles. The molecule has 4 aliphatic rings. The summed E-state index contributed by atoms with van der Waals surface area (Å²) < 4.78 is 0. The van der Waals surface area contributed by atoms with Crippen molar-refractivity contribution in [1.29, 1.82) is 0 Å². The van der Waals surface area contributed by atoms with Gasteiger partial charge < -0.3 is 10.0 Å². The van der Waals surface area contributed by atoms with E-state index in [9.17, 15) is 19.5 Å². The molecule has 6 atom stereocenters. The molecule has 3 amide bonds. The second-order valence-electron chi connectivity index (χ2n) is 18.3. The van der Waals surface area contributed by atoms with Crippen LogP contribution in [-0.4, -0.2) is 23.0 Å². The molecule has 0 radical (unpaired) electrons. The van der Waals surface area contributed by atoms with E-state index in [4.69, 9.17) is 0 Å². The number of aryl methyl sites for hydroxylation is 2. The third-order valence-electron chi connectivity index (χ3n) is 15.0. The van der Waals surface area contributed by atoms with E-state index in [0.29, 0.717) is 5.69 Å². The van der Waals surface area contributed by atoms with E-state index in [1.165, 1.54) is 33.5 Å². The summed E-state index contributed by atoms with van der Waals surface area (Å²) in [5.74, 6) is -0.137. The van der Waals surface area contributed by atoms with E-state index in [-0.39, 0.29) is 34.5 Å². The number of hydrogen-bond acceptors (Lipinski definition) is 4. The zero-order valence-corrected chi connectivity index (χ0v) is 33.5. The van der Waals surface area contributed by atoms with Gasteiger partial charge in [-0.1, -0.05) is 113 Å². The van der Waals surface area contributed by atoms with Crippen LogP contribution in [-0.2, 0) is 46.4 Å². The number of nitrogens with zero attached hydrogens (tertiary/aromatic N) is 1. The van der Waals surface area contributed by atoms with Crippen LogP contribution in [0.3, 0.4) is 0 Å². The molecule has 4 aliphatic carbocycles. The fourth-order valence-electron chi connectivity index (χ4n) is 12.1. The van der Waals surface area contributed by atoms with Crippen LogP contribution < -0.4 is 15.5 Å². The number of carboxylic acid groups (broad SMARTS) is 1. The molecule has 8 rings (SSSR count). The third kappa shape index (κ3) is 6.61. The molecule has 0 aliphatic heterocycles. The quantitative estimate of drug-likeness (QED) is 0.156. The van der Waals surface area contributed by atoms with Gasteiger partial charge in [0, 0.05) is 24.5 Å². The number of imide groups is 1. The number of benzene rings is 4. The lowest BCUT2D eigenvalue weighted by Crippen LogP contribution is -2.60. The molecule has 7 heteroatoms. The number of nitrogens with one attached hydrogen (secondary N) is 2. The first-order valence-electron chi connectivity index (χ1n) is 20.8. The van der Waals surface area contributed by atoms with Crippen molar-refractivity contribution in [2.45, 2.75) is 116 Å². The Labute approximate surface area is 332 Å². The summed E-state index contributed by atoms with van der Waals surface area (Å²) in [6.45, 7) is 10.4. The molecule has 0 unspecified atom stereocenters. The van der Waals surface area contributed by atoms with E-state index < -0.39 is 16.9 Å². The first kappa shape index (κ1) is 38.0. The van der Waals surface area contributed by atoms with Gasteiger partial charge in [0.05, 0.1) is 10.8 Å². The molecule has 292 valence electrons. The van der Waals surface area contributed by atoms with Gasteiger partial charge in [0.25, 0.3) is 0 Å². The van der Waals surface area contributed by atoms with Crippen molar-refractivity contribution < 1.29 is 19.5 Å². The largest absolute Gasteiger partial charge is 0.465 e. The molecule has 3 N–H and O–H groups in total. The number of anilines is 2. The fraction of sp³-hybridized carbons (Fsp3) is 0.449. The number of fused-ring (bicyclic) bond motifs is 6. The molecular weight excluding hydrogens is 695 g/mol. The molecule has 4 aromatic carbocycles. The lowest BCUT2D eigenvalue weighted by molar-refractivity contribution is -0.150. The maximum atomic E-state index is 14.8. The molecule has 0 spiro atoms. The lowest BCUT2D eigenvalue weighted by atomic mass is 9.49. The van der Waals surface area contributed by atoms with Gasteiger partial charge >= 0.3 is 6.09 Å². The third-order valence-corrected chi connectivity index (χ3v) is 15.0. The first-order chi connectivity index (χ1) is 26.8.